The number of nitrogens with zero attached hydrogens (tertiary/aromatic N) is 1. The molecule has 4 rings (SSSR count). The molecule has 0 saturated carbocycles. The zero-order chi connectivity index (χ0) is 28.9. The van der Waals surface area contributed by atoms with E-state index in [1.807, 2.05) is 38.1 Å². The van der Waals surface area contributed by atoms with Crippen LogP contribution in [0.25, 0.3) is 11.1 Å². The lowest BCUT2D eigenvalue weighted by atomic mass is 9.75. The third kappa shape index (κ3) is 6.61. The van der Waals surface area contributed by atoms with Crippen LogP contribution in [-0.4, -0.2) is 55.0 Å². The molecule has 0 aromatic heterocycles. The van der Waals surface area contributed by atoms with Crippen LogP contribution in [0.15, 0.2) is 64.9 Å². The van der Waals surface area contributed by atoms with Crippen molar-refractivity contribution in [2.24, 2.45) is 10.4 Å². The molecule has 1 unspecified atom stereocenters. The molecule has 40 heavy (non-hydrogen) atoms. The molecule has 8 nitrogen and oxygen atoms in total. The first kappa shape index (κ1) is 29.1. The van der Waals surface area contributed by atoms with Crippen LogP contribution in [0.5, 0.6) is 0 Å². The molecule has 0 radical (unpaired) electrons. The van der Waals surface area contributed by atoms with E-state index in [1.165, 1.54) is 18.2 Å². The van der Waals surface area contributed by atoms with Gasteiger partial charge >= 0.3 is 12.1 Å². The van der Waals surface area contributed by atoms with E-state index >= 15 is 0 Å². The lowest BCUT2D eigenvalue weighted by Gasteiger charge is -2.29. The summed E-state index contributed by atoms with van der Waals surface area (Å²) < 4.78 is 10.5. The van der Waals surface area contributed by atoms with Crippen LogP contribution in [0, 0.1) is 5.41 Å². The molecule has 0 aliphatic heterocycles. The molecule has 0 heterocycles. The number of amides is 1. The number of ketones is 1. The Bertz CT molecular complexity index is 1300. The average molecular weight is 547 g/mol. The van der Waals surface area contributed by atoms with Gasteiger partial charge in [-0.25, -0.2) is 9.59 Å². The number of ether oxygens (including phenoxy) is 2. The van der Waals surface area contributed by atoms with E-state index in [0.717, 1.165) is 11.1 Å². The maximum atomic E-state index is 12.6. The Morgan fingerprint density at radius 1 is 1.05 bits per heavy atom. The Balaban J connectivity index is 1.26. The molecule has 1 amide bonds. The number of aliphatic imine (C=N–C) groups is 1. The summed E-state index contributed by atoms with van der Waals surface area (Å²) >= 11 is 0. The highest BCUT2D eigenvalue weighted by molar-refractivity contribution is 6.22. The lowest BCUT2D eigenvalue weighted by molar-refractivity contribution is -0.142. The predicted octanol–water partition coefficient (Wildman–Crippen LogP) is 5.90. The molecule has 0 saturated heterocycles. The summed E-state index contributed by atoms with van der Waals surface area (Å²) in [5.41, 5.74) is 4.89. The zero-order valence-electron chi connectivity index (χ0n) is 23.7. The number of aliphatic hydroxyl groups excluding tert-OH is 1. The van der Waals surface area contributed by atoms with Gasteiger partial charge in [-0.2, -0.15) is 0 Å². The molecule has 2 aliphatic rings. The molecule has 0 bridgehead atoms. The van der Waals surface area contributed by atoms with Crippen molar-refractivity contribution >= 4 is 23.6 Å². The average Bonchev–Trinajstić information content (AvgIpc) is 3.23. The number of hydrogen-bond acceptors (Lipinski definition) is 7. The minimum absolute atomic E-state index is 0.00302. The van der Waals surface area contributed by atoms with Crippen molar-refractivity contribution in [3.8, 4) is 11.1 Å². The number of aliphatic hydroxyl groups is 1. The fourth-order valence-corrected chi connectivity index (χ4v) is 5.67. The summed E-state index contributed by atoms with van der Waals surface area (Å²) in [6.07, 6.45) is 1.78. The van der Waals surface area contributed by atoms with Crippen LogP contribution in [0.3, 0.4) is 0 Å². The summed E-state index contributed by atoms with van der Waals surface area (Å²) in [5.74, 6) is -0.673. The monoisotopic (exact) mass is 546 g/mol. The molecule has 2 N–H and O–H groups in total. The highest BCUT2D eigenvalue weighted by Gasteiger charge is 2.34. The quantitative estimate of drug-likeness (QED) is 0.218. The zero-order valence-corrected chi connectivity index (χ0v) is 23.7. The Hall–Kier alpha value is -3.94. The lowest BCUT2D eigenvalue weighted by Crippen LogP contribution is -2.30. The smallest absolute Gasteiger partial charge is 0.407 e. The molecule has 212 valence electrons. The molecule has 2 aliphatic carbocycles. The van der Waals surface area contributed by atoms with Gasteiger partial charge in [0.25, 0.3) is 0 Å². The number of alkyl carbamates (subject to hydrolysis) is 1. The second-order valence-electron chi connectivity index (χ2n) is 11.3. The van der Waals surface area contributed by atoms with Crippen LogP contribution < -0.4 is 5.32 Å². The van der Waals surface area contributed by atoms with Crippen LogP contribution >= 0.6 is 0 Å². The fourth-order valence-electron chi connectivity index (χ4n) is 5.67. The van der Waals surface area contributed by atoms with Gasteiger partial charge in [0.2, 0.25) is 0 Å². The normalized spacial score (nSPS) is 17.2. The van der Waals surface area contributed by atoms with Gasteiger partial charge in [-0.1, -0.05) is 62.4 Å². The summed E-state index contributed by atoms with van der Waals surface area (Å²) in [6, 6.07) is 15.6. The number of allylic oxidation sites excluding steroid dienone is 2. The number of carbonyl (C=O) groups excluding carboxylic acids is 3. The standard InChI is InChI=1S/C32H38N2O6/c1-20(29-27(35)17-32(2,3)18-28(29)36)34-26(30(37)39-4)15-9-10-16-33-31(38)40-19-25-23-13-7-5-11-21(23)22-12-6-8-14-24(22)25/h5-8,11-14,25-26,35H,9-10,15-19H2,1-4H3,(H,33,38). The first-order chi connectivity index (χ1) is 19.1. The van der Waals surface area contributed by atoms with Crippen molar-refractivity contribution in [3.05, 3.63) is 71.0 Å². The number of nitrogens with one attached hydrogen (secondary N) is 1. The third-order valence-electron chi connectivity index (χ3n) is 7.55. The molecule has 2 aromatic carbocycles. The number of rotatable bonds is 10. The van der Waals surface area contributed by atoms with Crippen molar-refractivity contribution < 1.29 is 29.0 Å². The Kier molecular flexibility index (Phi) is 9.07. The number of unbranched alkanes of at least 4 members (excludes halogenated alkanes) is 1. The number of esters is 1. The van der Waals surface area contributed by atoms with Gasteiger partial charge in [-0.05, 0) is 53.9 Å². The summed E-state index contributed by atoms with van der Waals surface area (Å²) in [4.78, 5) is 41.9. The van der Waals surface area contributed by atoms with Crippen molar-refractivity contribution in [2.45, 2.75) is 64.8 Å². The number of benzene rings is 2. The molecule has 0 fully saturated rings. The summed E-state index contributed by atoms with van der Waals surface area (Å²) in [7, 11) is 1.30. The van der Waals surface area contributed by atoms with Gasteiger partial charge in [-0.15, -0.1) is 0 Å². The highest BCUT2D eigenvalue weighted by atomic mass is 16.5. The van der Waals surface area contributed by atoms with Crippen molar-refractivity contribution in [3.63, 3.8) is 0 Å². The first-order valence-electron chi connectivity index (χ1n) is 13.8. The fraction of sp³-hybridized carbons (Fsp3) is 0.438. The molecule has 1 atom stereocenters. The van der Waals surface area contributed by atoms with E-state index in [4.69, 9.17) is 9.47 Å². The molecule has 8 heteroatoms. The number of carbonyl (C=O) groups is 3. The van der Waals surface area contributed by atoms with E-state index in [2.05, 4.69) is 34.6 Å². The van der Waals surface area contributed by atoms with Gasteiger partial charge in [0.15, 0.2) is 5.78 Å². The first-order valence-corrected chi connectivity index (χ1v) is 13.8. The van der Waals surface area contributed by atoms with E-state index in [-0.39, 0.29) is 35.1 Å². The third-order valence-corrected chi connectivity index (χ3v) is 7.55. The number of Topliss-reactive ketones (excluding diaryl/α,β-unsaturated/α-hetero) is 1. The number of methoxy groups -OCH3 is 1. The van der Waals surface area contributed by atoms with Crippen LogP contribution in [-0.2, 0) is 19.1 Å². The Morgan fingerprint density at radius 2 is 1.68 bits per heavy atom. The minimum atomic E-state index is -0.803. The van der Waals surface area contributed by atoms with Crippen molar-refractivity contribution in [1.29, 1.82) is 0 Å². The van der Waals surface area contributed by atoms with E-state index in [0.29, 0.717) is 44.4 Å². The Morgan fingerprint density at radius 3 is 2.27 bits per heavy atom. The molecular formula is C32H38N2O6. The van der Waals surface area contributed by atoms with Gasteiger partial charge in [0, 0.05) is 31.0 Å². The van der Waals surface area contributed by atoms with Crippen molar-refractivity contribution in [2.75, 3.05) is 20.3 Å². The van der Waals surface area contributed by atoms with Gasteiger partial charge in [-0.3, -0.25) is 9.79 Å². The predicted molar refractivity (Wildman–Crippen MR) is 154 cm³/mol. The molecule has 0 spiro atoms. The van der Waals surface area contributed by atoms with Crippen LogP contribution in [0.4, 0.5) is 4.79 Å². The van der Waals surface area contributed by atoms with Crippen LogP contribution in [0.2, 0.25) is 0 Å². The maximum absolute atomic E-state index is 12.6. The number of fused-ring (bicyclic) bond motifs is 3. The largest absolute Gasteiger partial charge is 0.511 e. The second-order valence-corrected chi connectivity index (χ2v) is 11.3. The van der Waals surface area contributed by atoms with Gasteiger partial charge < -0.3 is 19.9 Å². The minimum Gasteiger partial charge on any atom is -0.511 e. The highest BCUT2D eigenvalue weighted by Crippen LogP contribution is 2.44. The number of hydrogen-bond donors (Lipinski definition) is 2. The van der Waals surface area contributed by atoms with Gasteiger partial charge in [0.1, 0.15) is 18.4 Å². The Labute approximate surface area is 235 Å². The molecule has 2 aromatic rings. The summed E-state index contributed by atoms with van der Waals surface area (Å²) in [6.45, 7) is 6.12. The van der Waals surface area contributed by atoms with E-state index < -0.39 is 18.1 Å². The van der Waals surface area contributed by atoms with E-state index in [9.17, 15) is 19.5 Å². The van der Waals surface area contributed by atoms with Gasteiger partial charge in [0.05, 0.1) is 12.7 Å². The second kappa shape index (κ2) is 12.5. The van der Waals surface area contributed by atoms with E-state index in [1.54, 1.807) is 6.92 Å². The summed E-state index contributed by atoms with van der Waals surface area (Å²) in [5, 5.41) is 13.3. The maximum Gasteiger partial charge on any atom is 0.407 e. The molecular weight excluding hydrogens is 508 g/mol. The SMILES string of the molecule is COC(=O)C(CCCCNC(=O)OCC1c2ccccc2-c2ccccc21)N=C(C)C1=C(O)CC(C)(C)CC1=O. The topological polar surface area (TPSA) is 114 Å². The van der Waals surface area contributed by atoms with Crippen LogP contribution in [0.1, 0.15) is 69.9 Å². The van der Waals surface area contributed by atoms with Crippen molar-refractivity contribution in [1.82, 2.24) is 5.32 Å².